The van der Waals surface area contributed by atoms with Crippen LogP contribution in [0.5, 0.6) is 5.88 Å². The quantitative estimate of drug-likeness (QED) is 0.463. The Morgan fingerprint density at radius 1 is 1.31 bits per heavy atom. The smallest absolute Gasteiger partial charge is 0.213 e. The first-order valence-corrected chi connectivity index (χ1v) is 8.94. The van der Waals surface area contributed by atoms with Gasteiger partial charge in [0.1, 0.15) is 12.9 Å². The van der Waals surface area contributed by atoms with Crippen LogP contribution in [0.15, 0.2) is 40.2 Å². The van der Waals surface area contributed by atoms with Crippen LogP contribution in [0, 0.1) is 0 Å². The molecule has 0 spiro atoms. The van der Waals surface area contributed by atoms with Crippen LogP contribution in [0.25, 0.3) is 0 Å². The Bertz CT molecular complexity index is 684. The van der Waals surface area contributed by atoms with Gasteiger partial charge in [-0.15, -0.1) is 0 Å². The van der Waals surface area contributed by atoms with Crippen LogP contribution in [-0.2, 0) is 6.54 Å². The van der Waals surface area contributed by atoms with Crippen LogP contribution < -0.4 is 10.1 Å². The molecular weight excluding hydrogens is 356 g/mol. The molecule has 0 amide bonds. The minimum atomic E-state index is 0.500. The first-order valence-electron chi connectivity index (χ1n) is 8.56. The number of pyridine rings is 1. The zero-order valence-electron chi connectivity index (χ0n) is 14.8. The summed E-state index contributed by atoms with van der Waals surface area (Å²) in [5.41, 5.74) is 0.967. The van der Waals surface area contributed by atoms with Crippen LogP contribution in [-0.4, -0.2) is 72.3 Å². The van der Waals surface area contributed by atoms with E-state index in [1.807, 2.05) is 6.07 Å². The topological polar surface area (TPSA) is 79.0 Å². The summed E-state index contributed by atoms with van der Waals surface area (Å²) in [7, 11) is 1.80. The van der Waals surface area contributed by atoms with Crippen molar-refractivity contribution in [2.75, 3.05) is 46.4 Å². The standard InChI is InChI=1S/C17H23ClN6O2/c1-19-17(20-5-11-25-16-3-2-14(18)12-21-16)24-8-6-23(7-9-24)13-15-4-10-26-22-15/h2-4,10,12H,5-9,11,13H2,1H3,(H,19,20). The minimum Gasteiger partial charge on any atom is -0.476 e. The van der Waals surface area contributed by atoms with Gasteiger partial charge in [0.25, 0.3) is 0 Å². The average Bonchev–Trinajstić information content (AvgIpc) is 3.17. The number of nitrogens with zero attached hydrogens (tertiary/aromatic N) is 5. The van der Waals surface area contributed by atoms with E-state index in [4.69, 9.17) is 20.9 Å². The Labute approximate surface area is 157 Å². The highest BCUT2D eigenvalue weighted by Gasteiger charge is 2.20. The molecule has 1 saturated heterocycles. The highest BCUT2D eigenvalue weighted by Crippen LogP contribution is 2.11. The number of hydrogen-bond donors (Lipinski definition) is 1. The summed E-state index contributed by atoms with van der Waals surface area (Å²) in [5, 5.41) is 7.90. The molecule has 140 valence electrons. The molecule has 0 radical (unpaired) electrons. The lowest BCUT2D eigenvalue weighted by molar-refractivity contribution is 0.168. The van der Waals surface area contributed by atoms with Gasteiger partial charge in [0.2, 0.25) is 5.88 Å². The number of piperazine rings is 1. The van der Waals surface area contributed by atoms with Gasteiger partial charge in [-0.05, 0) is 6.07 Å². The number of nitrogens with one attached hydrogen (secondary N) is 1. The number of aromatic nitrogens is 2. The highest BCUT2D eigenvalue weighted by molar-refractivity contribution is 6.30. The average molecular weight is 379 g/mol. The van der Waals surface area contributed by atoms with Crippen molar-refractivity contribution in [3.8, 4) is 5.88 Å². The molecule has 0 bridgehead atoms. The van der Waals surface area contributed by atoms with Crippen LogP contribution in [0.2, 0.25) is 5.02 Å². The lowest BCUT2D eigenvalue weighted by Gasteiger charge is -2.36. The zero-order chi connectivity index (χ0) is 18.2. The summed E-state index contributed by atoms with van der Waals surface area (Å²) in [4.78, 5) is 13.1. The van der Waals surface area contributed by atoms with Crippen molar-refractivity contribution < 1.29 is 9.26 Å². The maximum atomic E-state index is 5.81. The van der Waals surface area contributed by atoms with Crippen LogP contribution in [0.1, 0.15) is 5.69 Å². The number of halogens is 1. The fraction of sp³-hybridized carbons (Fsp3) is 0.471. The van der Waals surface area contributed by atoms with E-state index < -0.39 is 0 Å². The van der Waals surface area contributed by atoms with Crippen LogP contribution in [0.3, 0.4) is 0 Å². The van der Waals surface area contributed by atoms with Gasteiger partial charge in [0, 0.05) is 58.1 Å². The third kappa shape index (κ3) is 5.34. The molecular formula is C17H23ClN6O2. The normalized spacial score (nSPS) is 15.9. The van der Waals surface area contributed by atoms with E-state index in [9.17, 15) is 0 Å². The van der Waals surface area contributed by atoms with Crippen molar-refractivity contribution in [2.45, 2.75) is 6.54 Å². The maximum absolute atomic E-state index is 5.81. The van der Waals surface area contributed by atoms with E-state index in [0.29, 0.717) is 24.1 Å². The van der Waals surface area contributed by atoms with Gasteiger partial charge in [-0.2, -0.15) is 0 Å². The number of rotatable bonds is 6. The van der Waals surface area contributed by atoms with Gasteiger partial charge in [-0.25, -0.2) is 4.98 Å². The second-order valence-electron chi connectivity index (χ2n) is 5.89. The predicted molar refractivity (Wildman–Crippen MR) is 99.5 cm³/mol. The Balaban J connectivity index is 1.37. The van der Waals surface area contributed by atoms with E-state index in [1.54, 1.807) is 31.6 Å². The summed E-state index contributed by atoms with van der Waals surface area (Å²) < 4.78 is 10.5. The van der Waals surface area contributed by atoms with E-state index in [-0.39, 0.29) is 0 Å². The molecule has 1 aliphatic heterocycles. The van der Waals surface area contributed by atoms with Crippen molar-refractivity contribution in [2.24, 2.45) is 4.99 Å². The van der Waals surface area contributed by atoms with E-state index in [0.717, 1.165) is 44.4 Å². The SMILES string of the molecule is CN=C(NCCOc1ccc(Cl)cn1)N1CCN(Cc2ccon2)CC1. The third-order valence-electron chi connectivity index (χ3n) is 4.10. The van der Waals surface area contributed by atoms with Crippen LogP contribution in [0.4, 0.5) is 0 Å². The molecule has 0 saturated carbocycles. The molecule has 0 aliphatic carbocycles. The first kappa shape index (κ1) is 18.5. The van der Waals surface area contributed by atoms with E-state index >= 15 is 0 Å². The second kappa shape index (κ2) is 9.40. The lowest BCUT2D eigenvalue weighted by atomic mass is 10.3. The van der Waals surface area contributed by atoms with E-state index in [1.165, 1.54) is 0 Å². The highest BCUT2D eigenvalue weighted by atomic mass is 35.5. The number of hydrogen-bond acceptors (Lipinski definition) is 6. The Morgan fingerprint density at radius 3 is 2.81 bits per heavy atom. The van der Waals surface area contributed by atoms with Gasteiger partial charge in [-0.3, -0.25) is 9.89 Å². The summed E-state index contributed by atoms with van der Waals surface area (Å²) in [5.74, 6) is 1.45. The predicted octanol–water partition coefficient (Wildman–Crippen LogP) is 1.49. The summed E-state index contributed by atoms with van der Waals surface area (Å²) >= 11 is 5.81. The molecule has 0 aromatic carbocycles. The summed E-state index contributed by atoms with van der Waals surface area (Å²) in [6.45, 7) is 5.71. The Hall–Kier alpha value is -2.32. The third-order valence-corrected chi connectivity index (χ3v) is 4.32. The molecule has 1 aliphatic rings. The second-order valence-corrected chi connectivity index (χ2v) is 6.33. The minimum absolute atomic E-state index is 0.500. The summed E-state index contributed by atoms with van der Waals surface area (Å²) in [6, 6.07) is 5.42. The zero-order valence-corrected chi connectivity index (χ0v) is 15.5. The molecule has 2 aromatic heterocycles. The number of guanidine groups is 1. The van der Waals surface area contributed by atoms with Gasteiger partial charge >= 0.3 is 0 Å². The fourth-order valence-electron chi connectivity index (χ4n) is 2.76. The summed E-state index contributed by atoms with van der Waals surface area (Å²) in [6.07, 6.45) is 3.18. The Kier molecular flexibility index (Phi) is 6.68. The van der Waals surface area contributed by atoms with Gasteiger partial charge < -0.3 is 19.5 Å². The van der Waals surface area contributed by atoms with Gasteiger partial charge in [0.05, 0.1) is 17.3 Å². The van der Waals surface area contributed by atoms with Crippen molar-refractivity contribution in [1.82, 2.24) is 25.3 Å². The molecule has 1 N–H and O–H groups in total. The van der Waals surface area contributed by atoms with E-state index in [2.05, 4.69) is 30.2 Å². The lowest BCUT2D eigenvalue weighted by Crippen LogP contribution is -2.52. The molecule has 9 heteroatoms. The van der Waals surface area contributed by atoms with Crippen molar-refractivity contribution in [3.05, 3.63) is 41.4 Å². The van der Waals surface area contributed by atoms with Crippen molar-refractivity contribution in [1.29, 1.82) is 0 Å². The number of aliphatic imine (C=N–C) groups is 1. The molecule has 3 heterocycles. The molecule has 0 unspecified atom stereocenters. The molecule has 0 atom stereocenters. The molecule has 1 fully saturated rings. The molecule has 3 rings (SSSR count). The Morgan fingerprint density at radius 2 is 2.15 bits per heavy atom. The molecule has 26 heavy (non-hydrogen) atoms. The maximum Gasteiger partial charge on any atom is 0.213 e. The molecule has 8 nitrogen and oxygen atoms in total. The van der Waals surface area contributed by atoms with Crippen molar-refractivity contribution >= 4 is 17.6 Å². The number of ether oxygens (including phenoxy) is 1. The van der Waals surface area contributed by atoms with Crippen molar-refractivity contribution in [3.63, 3.8) is 0 Å². The van der Waals surface area contributed by atoms with Crippen LogP contribution >= 0.6 is 11.6 Å². The fourth-order valence-corrected chi connectivity index (χ4v) is 2.88. The van der Waals surface area contributed by atoms with Gasteiger partial charge in [-0.1, -0.05) is 16.8 Å². The first-order chi connectivity index (χ1) is 12.7. The molecule has 2 aromatic rings. The monoisotopic (exact) mass is 378 g/mol. The van der Waals surface area contributed by atoms with Gasteiger partial charge in [0.15, 0.2) is 5.96 Å². The largest absolute Gasteiger partial charge is 0.476 e.